The fourth-order valence-corrected chi connectivity index (χ4v) is 1.33. The first-order valence-electron chi connectivity index (χ1n) is 4.70. The number of carbonyl (C=O) groups is 2. The maximum Gasteiger partial charge on any atom is 0.303 e. The molecule has 0 fully saturated rings. The van der Waals surface area contributed by atoms with E-state index in [9.17, 15) is 14.7 Å². The van der Waals surface area contributed by atoms with Crippen molar-refractivity contribution in [3.63, 3.8) is 0 Å². The number of aliphatic hydroxyl groups excluding tert-OH is 2. The standard InChI is InChI=1S/C9H16O6/c10-4-3-7(11)6(5-9(14)15)1-2-8(12)13/h6-7,10-11H,1-5H2,(H,12,13)(H,14,15). The van der Waals surface area contributed by atoms with Crippen LogP contribution < -0.4 is 0 Å². The number of rotatable bonds is 8. The van der Waals surface area contributed by atoms with Crippen LogP contribution in [0.2, 0.25) is 0 Å². The number of aliphatic hydroxyl groups is 2. The zero-order valence-electron chi connectivity index (χ0n) is 8.30. The van der Waals surface area contributed by atoms with E-state index in [1.807, 2.05) is 0 Å². The molecule has 6 nitrogen and oxygen atoms in total. The highest BCUT2D eigenvalue weighted by Gasteiger charge is 2.22. The molecule has 15 heavy (non-hydrogen) atoms. The van der Waals surface area contributed by atoms with E-state index >= 15 is 0 Å². The Morgan fingerprint density at radius 3 is 2.07 bits per heavy atom. The van der Waals surface area contributed by atoms with Crippen molar-refractivity contribution in [1.82, 2.24) is 0 Å². The summed E-state index contributed by atoms with van der Waals surface area (Å²) in [6, 6.07) is 0. The smallest absolute Gasteiger partial charge is 0.303 e. The third kappa shape index (κ3) is 6.87. The molecule has 0 aromatic heterocycles. The largest absolute Gasteiger partial charge is 0.481 e. The summed E-state index contributed by atoms with van der Waals surface area (Å²) in [5.41, 5.74) is 0. The average molecular weight is 220 g/mol. The molecular formula is C9H16O6. The Kier molecular flexibility index (Phi) is 6.64. The fourth-order valence-electron chi connectivity index (χ4n) is 1.33. The van der Waals surface area contributed by atoms with Crippen LogP contribution in [0.1, 0.15) is 25.7 Å². The van der Waals surface area contributed by atoms with Crippen LogP contribution in [0, 0.1) is 5.92 Å². The molecular weight excluding hydrogens is 204 g/mol. The molecule has 0 heterocycles. The number of hydrogen-bond donors (Lipinski definition) is 4. The van der Waals surface area contributed by atoms with Crippen LogP contribution in [0.15, 0.2) is 0 Å². The third-order valence-electron chi connectivity index (χ3n) is 2.13. The van der Waals surface area contributed by atoms with Crippen LogP contribution in [0.5, 0.6) is 0 Å². The summed E-state index contributed by atoms with van der Waals surface area (Å²) in [5, 5.41) is 35.0. The summed E-state index contributed by atoms with van der Waals surface area (Å²) in [6.45, 7) is -0.246. The van der Waals surface area contributed by atoms with Gasteiger partial charge in [-0.15, -0.1) is 0 Å². The van der Waals surface area contributed by atoms with Gasteiger partial charge in [0.15, 0.2) is 0 Å². The molecule has 2 unspecified atom stereocenters. The molecule has 0 aliphatic carbocycles. The molecule has 0 amide bonds. The molecule has 0 saturated carbocycles. The number of carboxylic acid groups (broad SMARTS) is 2. The zero-order chi connectivity index (χ0) is 11.8. The summed E-state index contributed by atoms with van der Waals surface area (Å²) in [5.74, 6) is -2.73. The van der Waals surface area contributed by atoms with Gasteiger partial charge >= 0.3 is 11.9 Å². The van der Waals surface area contributed by atoms with Crippen LogP contribution in [0.3, 0.4) is 0 Å². The molecule has 0 bridgehead atoms. The number of carboxylic acids is 2. The van der Waals surface area contributed by atoms with Gasteiger partial charge in [0.05, 0.1) is 12.5 Å². The van der Waals surface area contributed by atoms with Gasteiger partial charge in [0.1, 0.15) is 0 Å². The first-order chi connectivity index (χ1) is 6.97. The van der Waals surface area contributed by atoms with Crippen LogP contribution >= 0.6 is 0 Å². The topological polar surface area (TPSA) is 115 Å². The van der Waals surface area contributed by atoms with E-state index in [-0.39, 0.29) is 32.3 Å². The lowest BCUT2D eigenvalue weighted by molar-refractivity contribution is -0.141. The Morgan fingerprint density at radius 2 is 1.67 bits per heavy atom. The van der Waals surface area contributed by atoms with Crippen LogP contribution in [-0.2, 0) is 9.59 Å². The summed E-state index contributed by atoms with van der Waals surface area (Å²) in [4.78, 5) is 20.7. The molecule has 0 rings (SSSR count). The summed E-state index contributed by atoms with van der Waals surface area (Å²) in [7, 11) is 0. The van der Waals surface area contributed by atoms with E-state index in [0.717, 1.165) is 0 Å². The highest BCUT2D eigenvalue weighted by molar-refractivity contribution is 5.68. The Bertz CT molecular complexity index is 215. The van der Waals surface area contributed by atoms with Gasteiger partial charge < -0.3 is 20.4 Å². The van der Waals surface area contributed by atoms with Crippen LogP contribution in [0.4, 0.5) is 0 Å². The second-order valence-electron chi connectivity index (χ2n) is 3.37. The van der Waals surface area contributed by atoms with Crippen molar-refractivity contribution in [3.05, 3.63) is 0 Å². The maximum atomic E-state index is 10.4. The molecule has 0 aliphatic rings. The minimum absolute atomic E-state index is 0.0670. The van der Waals surface area contributed by atoms with Crippen molar-refractivity contribution >= 4 is 11.9 Å². The molecule has 4 N–H and O–H groups in total. The van der Waals surface area contributed by atoms with Crippen molar-refractivity contribution in [2.45, 2.75) is 31.8 Å². The molecule has 0 spiro atoms. The monoisotopic (exact) mass is 220 g/mol. The van der Waals surface area contributed by atoms with Crippen molar-refractivity contribution in [3.8, 4) is 0 Å². The lowest BCUT2D eigenvalue weighted by Gasteiger charge is -2.19. The first-order valence-corrected chi connectivity index (χ1v) is 4.70. The van der Waals surface area contributed by atoms with Crippen molar-refractivity contribution < 1.29 is 30.0 Å². The van der Waals surface area contributed by atoms with Gasteiger partial charge in [-0.1, -0.05) is 0 Å². The highest BCUT2D eigenvalue weighted by atomic mass is 16.4. The SMILES string of the molecule is O=C(O)CCC(CC(=O)O)C(O)CCO. The van der Waals surface area contributed by atoms with Gasteiger partial charge in [-0.05, 0) is 18.8 Å². The van der Waals surface area contributed by atoms with Crippen molar-refractivity contribution in [2.24, 2.45) is 5.92 Å². The van der Waals surface area contributed by atoms with Crippen molar-refractivity contribution in [1.29, 1.82) is 0 Å². The Labute approximate surface area is 87.2 Å². The van der Waals surface area contributed by atoms with Crippen molar-refractivity contribution in [2.75, 3.05) is 6.61 Å². The van der Waals surface area contributed by atoms with Crippen LogP contribution in [-0.4, -0.2) is 45.1 Å². The van der Waals surface area contributed by atoms with Gasteiger partial charge in [-0.2, -0.15) is 0 Å². The molecule has 88 valence electrons. The lowest BCUT2D eigenvalue weighted by Crippen LogP contribution is -2.25. The molecule has 6 heteroatoms. The maximum absolute atomic E-state index is 10.4. The summed E-state index contributed by atoms with van der Waals surface area (Å²) >= 11 is 0. The van der Waals surface area contributed by atoms with E-state index < -0.39 is 24.0 Å². The fraction of sp³-hybridized carbons (Fsp3) is 0.778. The minimum atomic E-state index is -1.08. The number of hydrogen-bond acceptors (Lipinski definition) is 4. The predicted octanol–water partition coefficient (Wildman–Crippen LogP) is -0.315. The van der Waals surface area contributed by atoms with Gasteiger partial charge in [0, 0.05) is 13.0 Å². The lowest BCUT2D eigenvalue weighted by atomic mass is 9.91. The highest BCUT2D eigenvalue weighted by Crippen LogP contribution is 2.18. The van der Waals surface area contributed by atoms with Crippen LogP contribution in [0.25, 0.3) is 0 Å². The molecule has 0 aromatic rings. The third-order valence-corrected chi connectivity index (χ3v) is 2.13. The first kappa shape index (κ1) is 13.9. The number of aliphatic carboxylic acids is 2. The molecule has 0 radical (unpaired) electrons. The van der Waals surface area contributed by atoms with Gasteiger partial charge in [-0.3, -0.25) is 9.59 Å². The van der Waals surface area contributed by atoms with Gasteiger partial charge in [0.25, 0.3) is 0 Å². The Morgan fingerprint density at radius 1 is 1.07 bits per heavy atom. The van der Waals surface area contributed by atoms with E-state index in [4.69, 9.17) is 15.3 Å². The van der Waals surface area contributed by atoms with E-state index in [0.29, 0.717) is 0 Å². The molecule has 0 aliphatic heterocycles. The predicted molar refractivity (Wildman–Crippen MR) is 50.3 cm³/mol. The molecule has 2 atom stereocenters. The minimum Gasteiger partial charge on any atom is -0.481 e. The van der Waals surface area contributed by atoms with E-state index in [2.05, 4.69) is 0 Å². The van der Waals surface area contributed by atoms with Gasteiger partial charge in [-0.25, -0.2) is 0 Å². The zero-order valence-corrected chi connectivity index (χ0v) is 8.30. The van der Waals surface area contributed by atoms with E-state index in [1.165, 1.54) is 0 Å². The normalized spacial score (nSPS) is 14.5. The second-order valence-corrected chi connectivity index (χ2v) is 3.37. The Balaban J connectivity index is 4.16. The van der Waals surface area contributed by atoms with Gasteiger partial charge in [0.2, 0.25) is 0 Å². The summed E-state index contributed by atoms with van der Waals surface area (Å²) in [6.07, 6.45) is -1.26. The summed E-state index contributed by atoms with van der Waals surface area (Å²) < 4.78 is 0. The quantitative estimate of drug-likeness (QED) is 0.446. The molecule has 0 saturated heterocycles. The Hall–Kier alpha value is -1.14. The average Bonchev–Trinajstić information content (AvgIpc) is 2.11. The second kappa shape index (κ2) is 7.19. The molecule has 0 aromatic carbocycles. The van der Waals surface area contributed by atoms with E-state index in [1.54, 1.807) is 0 Å².